The Kier molecular flexibility index (Phi) is 5.74. The normalized spacial score (nSPS) is 10.0. The number of ether oxygens (including phenoxy) is 1. The fraction of sp³-hybridized carbons (Fsp3) is 0.222. The van der Waals surface area contributed by atoms with Gasteiger partial charge in [-0.15, -0.1) is 0 Å². The smallest absolute Gasteiger partial charge is 0.243 e. The minimum absolute atomic E-state index is 0.0676. The minimum atomic E-state index is -0.282. The third-order valence-corrected chi connectivity index (χ3v) is 3.25. The Bertz CT molecular complexity index is 698. The Morgan fingerprint density at radius 3 is 2.57 bits per heavy atom. The fourth-order valence-electron chi connectivity index (χ4n) is 2.15. The lowest BCUT2D eigenvalue weighted by Gasteiger charge is -2.08. The molecule has 0 radical (unpaired) electrons. The van der Waals surface area contributed by atoms with E-state index in [0.717, 1.165) is 11.1 Å². The van der Waals surface area contributed by atoms with Gasteiger partial charge in [0.15, 0.2) is 0 Å². The molecule has 120 valence electrons. The second-order valence-electron chi connectivity index (χ2n) is 5.22. The van der Waals surface area contributed by atoms with E-state index >= 15 is 0 Å². The highest BCUT2D eigenvalue weighted by Gasteiger charge is 2.07. The van der Waals surface area contributed by atoms with Gasteiger partial charge in [-0.2, -0.15) is 0 Å². The quantitative estimate of drug-likeness (QED) is 0.860. The molecule has 2 aromatic carbocycles. The van der Waals surface area contributed by atoms with Crippen molar-refractivity contribution >= 4 is 17.5 Å². The number of methoxy groups -OCH3 is 1. The van der Waals surface area contributed by atoms with Crippen LogP contribution in [0.25, 0.3) is 0 Å². The molecule has 0 fully saturated rings. The van der Waals surface area contributed by atoms with Gasteiger partial charge in [0.2, 0.25) is 11.8 Å². The molecule has 5 nitrogen and oxygen atoms in total. The van der Waals surface area contributed by atoms with Crippen molar-refractivity contribution in [3.63, 3.8) is 0 Å². The first-order chi connectivity index (χ1) is 11.1. The molecule has 5 heteroatoms. The Morgan fingerprint density at radius 2 is 1.83 bits per heavy atom. The molecule has 0 aliphatic rings. The van der Waals surface area contributed by atoms with E-state index in [2.05, 4.69) is 10.6 Å². The number of amides is 2. The van der Waals surface area contributed by atoms with Crippen molar-refractivity contribution in [2.45, 2.75) is 13.3 Å². The monoisotopic (exact) mass is 312 g/mol. The van der Waals surface area contributed by atoms with Crippen LogP contribution in [0.1, 0.15) is 11.1 Å². The number of benzene rings is 2. The molecule has 2 aromatic rings. The average molecular weight is 312 g/mol. The van der Waals surface area contributed by atoms with Crippen molar-refractivity contribution in [3.8, 4) is 5.75 Å². The lowest BCUT2D eigenvalue weighted by atomic mass is 10.1. The highest BCUT2D eigenvalue weighted by molar-refractivity contribution is 5.94. The Labute approximate surface area is 135 Å². The van der Waals surface area contributed by atoms with Crippen LogP contribution < -0.4 is 15.4 Å². The van der Waals surface area contributed by atoms with Gasteiger partial charge in [-0.05, 0) is 24.6 Å². The van der Waals surface area contributed by atoms with E-state index in [-0.39, 0.29) is 24.8 Å². The number of carbonyl (C=O) groups is 2. The lowest BCUT2D eigenvalue weighted by molar-refractivity contribution is -0.123. The third-order valence-electron chi connectivity index (χ3n) is 3.25. The molecule has 2 amide bonds. The third kappa shape index (κ3) is 5.47. The van der Waals surface area contributed by atoms with E-state index in [0.29, 0.717) is 11.4 Å². The van der Waals surface area contributed by atoms with Gasteiger partial charge in [-0.1, -0.05) is 35.9 Å². The molecule has 0 bridgehead atoms. The van der Waals surface area contributed by atoms with Gasteiger partial charge >= 0.3 is 0 Å². The van der Waals surface area contributed by atoms with E-state index in [1.54, 1.807) is 31.4 Å². The zero-order valence-corrected chi connectivity index (χ0v) is 13.3. The molecular formula is C18H20N2O3. The summed E-state index contributed by atoms with van der Waals surface area (Å²) < 4.78 is 5.09. The molecule has 0 aliphatic carbocycles. The van der Waals surface area contributed by atoms with Crippen LogP contribution >= 0.6 is 0 Å². The first-order valence-electron chi connectivity index (χ1n) is 7.33. The second-order valence-corrected chi connectivity index (χ2v) is 5.22. The topological polar surface area (TPSA) is 67.4 Å². The number of aryl methyl sites for hydroxylation is 1. The molecule has 0 aliphatic heterocycles. The number of hydrogen-bond donors (Lipinski definition) is 2. The fourth-order valence-corrected chi connectivity index (χ4v) is 2.15. The molecule has 2 N–H and O–H groups in total. The van der Waals surface area contributed by atoms with Crippen LogP contribution in [0.3, 0.4) is 0 Å². The highest BCUT2D eigenvalue weighted by atomic mass is 16.5. The van der Waals surface area contributed by atoms with Crippen LogP contribution in [0.2, 0.25) is 0 Å². The summed E-state index contributed by atoms with van der Waals surface area (Å²) in [7, 11) is 1.56. The SMILES string of the molecule is COc1cccc(NC(=O)CNC(=O)Cc2cccc(C)c2)c1. The maximum absolute atomic E-state index is 11.9. The van der Waals surface area contributed by atoms with E-state index in [1.807, 2.05) is 31.2 Å². The number of rotatable bonds is 6. The number of carbonyl (C=O) groups excluding carboxylic acids is 2. The van der Waals surface area contributed by atoms with Gasteiger partial charge in [0.1, 0.15) is 5.75 Å². The summed E-state index contributed by atoms with van der Waals surface area (Å²) in [5.41, 5.74) is 2.66. The summed E-state index contributed by atoms with van der Waals surface area (Å²) in [5, 5.41) is 5.33. The van der Waals surface area contributed by atoms with Crippen molar-refractivity contribution in [3.05, 3.63) is 59.7 Å². The number of anilines is 1. The zero-order chi connectivity index (χ0) is 16.7. The van der Waals surface area contributed by atoms with Crippen molar-refractivity contribution in [1.29, 1.82) is 0 Å². The summed E-state index contributed by atoms with van der Waals surface area (Å²) in [5.74, 6) is 0.193. The molecule has 0 saturated carbocycles. The average Bonchev–Trinajstić information content (AvgIpc) is 2.53. The minimum Gasteiger partial charge on any atom is -0.497 e. The van der Waals surface area contributed by atoms with Crippen LogP contribution in [0.4, 0.5) is 5.69 Å². The highest BCUT2D eigenvalue weighted by Crippen LogP contribution is 2.16. The molecule has 0 aromatic heterocycles. The second kappa shape index (κ2) is 7.98. The first-order valence-corrected chi connectivity index (χ1v) is 7.33. The largest absolute Gasteiger partial charge is 0.497 e. The predicted octanol–water partition coefficient (Wildman–Crippen LogP) is 2.30. The van der Waals surface area contributed by atoms with Crippen molar-refractivity contribution in [2.75, 3.05) is 19.0 Å². The van der Waals surface area contributed by atoms with Crippen LogP contribution in [-0.4, -0.2) is 25.5 Å². The van der Waals surface area contributed by atoms with Crippen molar-refractivity contribution < 1.29 is 14.3 Å². The van der Waals surface area contributed by atoms with E-state index in [4.69, 9.17) is 4.74 Å². The summed E-state index contributed by atoms with van der Waals surface area (Å²) in [6.07, 6.45) is 0.258. The predicted molar refractivity (Wildman–Crippen MR) is 89.5 cm³/mol. The van der Waals surface area contributed by atoms with Gasteiger partial charge in [-0.25, -0.2) is 0 Å². The first kappa shape index (κ1) is 16.5. The zero-order valence-electron chi connectivity index (χ0n) is 13.3. The molecule has 0 saturated heterocycles. The Balaban J connectivity index is 1.80. The summed E-state index contributed by atoms with van der Waals surface area (Å²) >= 11 is 0. The molecule has 2 rings (SSSR count). The molecular weight excluding hydrogens is 292 g/mol. The van der Waals surface area contributed by atoms with E-state index in [1.165, 1.54) is 0 Å². The summed E-state index contributed by atoms with van der Waals surface area (Å²) in [6, 6.07) is 14.8. The van der Waals surface area contributed by atoms with Crippen molar-refractivity contribution in [2.24, 2.45) is 0 Å². The molecule has 0 heterocycles. The summed E-state index contributed by atoms with van der Waals surface area (Å²) in [6.45, 7) is 1.91. The number of nitrogens with one attached hydrogen (secondary N) is 2. The van der Waals surface area contributed by atoms with Gasteiger partial charge in [0, 0.05) is 11.8 Å². The van der Waals surface area contributed by atoms with Crippen LogP contribution in [0.15, 0.2) is 48.5 Å². The van der Waals surface area contributed by atoms with Gasteiger partial charge in [0.25, 0.3) is 0 Å². The number of hydrogen-bond acceptors (Lipinski definition) is 3. The maximum atomic E-state index is 11.9. The summed E-state index contributed by atoms with van der Waals surface area (Å²) in [4.78, 5) is 23.7. The maximum Gasteiger partial charge on any atom is 0.243 e. The van der Waals surface area contributed by atoms with Gasteiger partial charge in [-0.3, -0.25) is 9.59 Å². The standard InChI is InChI=1S/C18H20N2O3/c1-13-5-3-6-14(9-13)10-17(21)19-12-18(22)20-15-7-4-8-16(11-15)23-2/h3-9,11H,10,12H2,1-2H3,(H,19,21)(H,20,22). The molecule has 0 unspecified atom stereocenters. The Hall–Kier alpha value is -2.82. The van der Waals surface area contributed by atoms with Gasteiger partial charge < -0.3 is 15.4 Å². The molecule has 0 spiro atoms. The lowest BCUT2D eigenvalue weighted by Crippen LogP contribution is -2.33. The van der Waals surface area contributed by atoms with E-state index < -0.39 is 0 Å². The van der Waals surface area contributed by atoms with E-state index in [9.17, 15) is 9.59 Å². The van der Waals surface area contributed by atoms with Crippen LogP contribution in [0.5, 0.6) is 5.75 Å². The molecule has 23 heavy (non-hydrogen) atoms. The van der Waals surface area contributed by atoms with Crippen molar-refractivity contribution in [1.82, 2.24) is 5.32 Å². The van der Waals surface area contributed by atoms with Gasteiger partial charge in [0.05, 0.1) is 20.1 Å². The van der Waals surface area contributed by atoms with Crippen LogP contribution in [-0.2, 0) is 16.0 Å². The van der Waals surface area contributed by atoms with Crippen LogP contribution in [0, 0.1) is 6.92 Å². The molecule has 0 atom stereocenters. The Morgan fingerprint density at radius 1 is 1.04 bits per heavy atom.